The fourth-order valence-electron chi connectivity index (χ4n) is 2.99. The molecular formula is C18H20N4O2. The Morgan fingerprint density at radius 2 is 2.00 bits per heavy atom. The fraction of sp³-hybridized carbons (Fsp3) is 0.333. The minimum Gasteiger partial charge on any atom is -0.349 e. The van der Waals surface area contributed by atoms with E-state index in [1.165, 1.54) is 6.92 Å². The molecule has 6 heteroatoms. The van der Waals surface area contributed by atoms with Crippen molar-refractivity contribution < 1.29 is 9.59 Å². The van der Waals surface area contributed by atoms with Crippen molar-refractivity contribution in [3.63, 3.8) is 0 Å². The van der Waals surface area contributed by atoms with Crippen LogP contribution in [0.25, 0.3) is 0 Å². The molecule has 1 atom stereocenters. The van der Waals surface area contributed by atoms with Gasteiger partial charge in [0.25, 0.3) is 0 Å². The molecular weight excluding hydrogens is 304 g/mol. The van der Waals surface area contributed by atoms with Crippen molar-refractivity contribution in [3.05, 3.63) is 59.2 Å². The highest BCUT2D eigenvalue weighted by Crippen LogP contribution is 2.23. The van der Waals surface area contributed by atoms with Crippen LogP contribution in [0.1, 0.15) is 29.6 Å². The normalized spacial score (nSPS) is 16.4. The van der Waals surface area contributed by atoms with Crippen molar-refractivity contribution in [2.45, 2.75) is 39.4 Å². The lowest BCUT2D eigenvalue weighted by Crippen LogP contribution is -2.51. The third-order valence-corrected chi connectivity index (χ3v) is 4.23. The summed E-state index contributed by atoms with van der Waals surface area (Å²) < 4.78 is 0. The van der Waals surface area contributed by atoms with Gasteiger partial charge in [-0.25, -0.2) is 9.97 Å². The Bertz CT molecular complexity index is 775. The molecule has 2 heterocycles. The Morgan fingerprint density at radius 3 is 2.71 bits per heavy atom. The van der Waals surface area contributed by atoms with Gasteiger partial charge in [-0.3, -0.25) is 9.59 Å². The summed E-state index contributed by atoms with van der Waals surface area (Å²) in [5, 5.41) is 2.89. The van der Waals surface area contributed by atoms with E-state index >= 15 is 0 Å². The summed E-state index contributed by atoms with van der Waals surface area (Å²) in [4.78, 5) is 34.5. The number of aryl methyl sites for hydroxylation is 1. The lowest BCUT2D eigenvalue weighted by atomic mass is 9.93. The zero-order valence-corrected chi connectivity index (χ0v) is 13.8. The molecule has 0 bridgehead atoms. The molecule has 2 aromatic rings. The number of nitrogens with zero attached hydrogens (tertiary/aromatic N) is 3. The zero-order valence-electron chi connectivity index (χ0n) is 13.8. The molecule has 24 heavy (non-hydrogen) atoms. The lowest BCUT2D eigenvalue weighted by molar-refractivity contribution is -0.140. The number of hydrogen-bond donors (Lipinski definition) is 1. The molecule has 6 nitrogen and oxygen atoms in total. The third-order valence-electron chi connectivity index (χ3n) is 4.23. The molecule has 0 aliphatic carbocycles. The number of hydrogen-bond acceptors (Lipinski definition) is 4. The minimum atomic E-state index is -0.486. The molecule has 0 saturated heterocycles. The largest absolute Gasteiger partial charge is 0.349 e. The Morgan fingerprint density at radius 1 is 1.25 bits per heavy atom. The van der Waals surface area contributed by atoms with Crippen molar-refractivity contribution in [2.24, 2.45) is 0 Å². The summed E-state index contributed by atoms with van der Waals surface area (Å²) >= 11 is 0. The van der Waals surface area contributed by atoms with Crippen LogP contribution in [0, 0.1) is 6.92 Å². The maximum Gasteiger partial charge on any atom is 0.243 e. The van der Waals surface area contributed by atoms with E-state index in [1.807, 2.05) is 24.3 Å². The number of fused-ring (bicyclic) bond motifs is 1. The van der Waals surface area contributed by atoms with E-state index in [4.69, 9.17) is 0 Å². The summed E-state index contributed by atoms with van der Waals surface area (Å²) in [6.45, 7) is 4.10. The van der Waals surface area contributed by atoms with Crippen LogP contribution in [-0.2, 0) is 29.1 Å². The maximum absolute atomic E-state index is 12.6. The summed E-state index contributed by atoms with van der Waals surface area (Å²) in [5.41, 5.74) is 2.97. The van der Waals surface area contributed by atoms with Gasteiger partial charge in [0, 0.05) is 26.1 Å². The molecule has 1 N–H and O–H groups in total. The van der Waals surface area contributed by atoms with Crippen LogP contribution >= 0.6 is 0 Å². The molecule has 2 amide bonds. The molecule has 124 valence electrons. The third kappa shape index (κ3) is 3.42. The van der Waals surface area contributed by atoms with E-state index in [-0.39, 0.29) is 11.8 Å². The average Bonchev–Trinajstić information content (AvgIpc) is 2.58. The minimum absolute atomic E-state index is 0.0949. The highest BCUT2D eigenvalue weighted by Gasteiger charge is 2.32. The second-order valence-corrected chi connectivity index (χ2v) is 5.95. The van der Waals surface area contributed by atoms with Crippen molar-refractivity contribution in [1.29, 1.82) is 0 Å². The van der Waals surface area contributed by atoms with Crippen LogP contribution in [0.4, 0.5) is 0 Å². The number of carbonyl (C=O) groups excluding carboxylic acids is 2. The fourth-order valence-corrected chi connectivity index (χ4v) is 2.99. The van der Waals surface area contributed by atoms with Crippen LogP contribution in [0.15, 0.2) is 36.5 Å². The Kier molecular flexibility index (Phi) is 4.55. The SMILES string of the molecule is CC(=O)N1Cc2ccccc2CC1C(=O)NCc1ccnc(C)n1. The first-order valence-corrected chi connectivity index (χ1v) is 7.95. The van der Waals surface area contributed by atoms with Gasteiger partial charge >= 0.3 is 0 Å². The summed E-state index contributed by atoms with van der Waals surface area (Å²) in [6.07, 6.45) is 2.20. The number of carbonyl (C=O) groups is 2. The van der Waals surface area contributed by atoms with Gasteiger partial charge in [0.1, 0.15) is 11.9 Å². The Balaban J connectivity index is 1.73. The first-order valence-electron chi connectivity index (χ1n) is 7.95. The first kappa shape index (κ1) is 16.1. The van der Waals surface area contributed by atoms with Gasteiger partial charge in [0.15, 0.2) is 0 Å². The van der Waals surface area contributed by atoms with Gasteiger partial charge in [0.2, 0.25) is 11.8 Å². The van der Waals surface area contributed by atoms with Crippen LogP contribution in [-0.4, -0.2) is 32.7 Å². The molecule has 1 aliphatic heterocycles. The Labute approximate surface area is 140 Å². The molecule has 0 spiro atoms. The smallest absolute Gasteiger partial charge is 0.243 e. The van der Waals surface area contributed by atoms with Crippen molar-refractivity contribution in [2.75, 3.05) is 0 Å². The summed E-state index contributed by atoms with van der Waals surface area (Å²) in [7, 11) is 0. The van der Waals surface area contributed by atoms with Gasteiger partial charge in [-0.2, -0.15) is 0 Å². The van der Waals surface area contributed by atoms with E-state index in [9.17, 15) is 9.59 Å². The molecule has 1 aromatic heterocycles. The molecule has 1 aromatic carbocycles. The molecule has 0 saturated carbocycles. The van der Waals surface area contributed by atoms with Gasteiger partial charge in [0.05, 0.1) is 12.2 Å². The van der Waals surface area contributed by atoms with E-state index in [2.05, 4.69) is 15.3 Å². The second-order valence-electron chi connectivity index (χ2n) is 5.95. The van der Waals surface area contributed by atoms with E-state index in [0.29, 0.717) is 25.3 Å². The lowest BCUT2D eigenvalue weighted by Gasteiger charge is -2.35. The molecule has 3 rings (SSSR count). The van der Waals surface area contributed by atoms with Crippen LogP contribution in [0.5, 0.6) is 0 Å². The molecule has 1 aliphatic rings. The number of benzene rings is 1. The van der Waals surface area contributed by atoms with Crippen molar-refractivity contribution in [1.82, 2.24) is 20.2 Å². The predicted octanol–water partition coefficient (Wildman–Crippen LogP) is 1.37. The van der Waals surface area contributed by atoms with Crippen LogP contribution in [0.2, 0.25) is 0 Å². The molecule has 0 radical (unpaired) electrons. The topological polar surface area (TPSA) is 75.2 Å². The highest BCUT2D eigenvalue weighted by molar-refractivity contribution is 5.87. The second kappa shape index (κ2) is 6.78. The van der Waals surface area contributed by atoms with Crippen molar-refractivity contribution >= 4 is 11.8 Å². The van der Waals surface area contributed by atoms with Gasteiger partial charge in [-0.05, 0) is 24.1 Å². The summed E-state index contributed by atoms with van der Waals surface area (Å²) in [5.74, 6) is 0.414. The quantitative estimate of drug-likeness (QED) is 0.925. The Hall–Kier alpha value is -2.76. The predicted molar refractivity (Wildman–Crippen MR) is 88.8 cm³/mol. The number of nitrogens with one attached hydrogen (secondary N) is 1. The number of amides is 2. The summed E-state index contributed by atoms with van der Waals surface area (Å²) in [6, 6.07) is 9.21. The van der Waals surface area contributed by atoms with Crippen molar-refractivity contribution in [3.8, 4) is 0 Å². The number of aromatic nitrogens is 2. The van der Waals surface area contributed by atoms with Crippen LogP contribution < -0.4 is 5.32 Å². The first-order chi connectivity index (χ1) is 11.5. The van der Waals surface area contributed by atoms with E-state index in [1.54, 1.807) is 24.1 Å². The maximum atomic E-state index is 12.6. The van der Waals surface area contributed by atoms with E-state index < -0.39 is 6.04 Å². The number of rotatable bonds is 3. The molecule has 0 fully saturated rings. The molecule has 1 unspecified atom stereocenters. The monoisotopic (exact) mass is 324 g/mol. The average molecular weight is 324 g/mol. The standard InChI is InChI=1S/C18H20N4O2/c1-12-19-8-7-16(21-12)10-20-18(24)17-9-14-5-3-4-6-15(14)11-22(17)13(2)23/h3-8,17H,9-11H2,1-2H3,(H,20,24). The van der Waals surface area contributed by atoms with Gasteiger partial charge in [-0.1, -0.05) is 24.3 Å². The zero-order chi connectivity index (χ0) is 17.1. The van der Waals surface area contributed by atoms with Crippen LogP contribution in [0.3, 0.4) is 0 Å². The van der Waals surface area contributed by atoms with Gasteiger partial charge < -0.3 is 10.2 Å². The van der Waals surface area contributed by atoms with Gasteiger partial charge in [-0.15, -0.1) is 0 Å². The highest BCUT2D eigenvalue weighted by atomic mass is 16.2. The van der Waals surface area contributed by atoms with E-state index in [0.717, 1.165) is 16.8 Å².